The number of aromatic nitrogens is 1. The van der Waals surface area contributed by atoms with Gasteiger partial charge in [0.05, 0.1) is 11.0 Å². The van der Waals surface area contributed by atoms with Crippen LogP contribution < -0.4 is 4.74 Å². The van der Waals surface area contributed by atoms with E-state index in [0.29, 0.717) is 0 Å². The van der Waals surface area contributed by atoms with Crippen LogP contribution in [-0.2, 0) is 5.41 Å². The molecular weight excluding hydrogens is 282 g/mol. The summed E-state index contributed by atoms with van der Waals surface area (Å²) in [5.74, 6) is 0.865. The molecule has 2 heteroatoms. The van der Waals surface area contributed by atoms with Crippen molar-refractivity contribution in [3.63, 3.8) is 0 Å². The van der Waals surface area contributed by atoms with Gasteiger partial charge in [-0.15, -0.1) is 0 Å². The van der Waals surface area contributed by atoms with Crippen molar-refractivity contribution >= 4 is 21.8 Å². The summed E-state index contributed by atoms with van der Waals surface area (Å²) in [5.41, 5.74) is 3.24. The molecule has 0 saturated heterocycles. The van der Waals surface area contributed by atoms with E-state index in [1.807, 2.05) is 12.1 Å². The molecule has 23 heavy (non-hydrogen) atoms. The Kier molecular flexibility index (Phi) is 3.59. The Morgan fingerprint density at radius 3 is 1.96 bits per heavy atom. The monoisotopic (exact) mass is 307 g/mol. The van der Waals surface area contributed by atoms with Crippen LogP contribution in [0.15, 0.2) is 42.5 Å². The average Bonchev–Trinajstić information content (AvgIpc) is 2.41. The third kappa shape index (κ3) is 3.47. The van der Waals surface area contributed by atoms with Crippen LogP contribution in [-0.4, -0.2) is 10.6 Å². The smallest absolute Gasteiger partial charge is 0.122 e. The van der Waals surface area contributed by atoms with Crippen LogP contribution in [0.25, 0.3) is 21.8 Å². The number of benzene rings is 2. The summed E-state index contributed by atoms with van der Waals surface area (Å²) in [6.07, 6.45) is 0. The molecule has 0 N–H and O–H groups in total. The lowest BCUT2D eigenvalue weighted by Gasteiger charge is -2.21. The highest BCUT2D eigenvalue weighted by Gasteiger charge is 2.15. The minimum atomic E-state index is -0.204. The molecule has 1 heterocycles. The summed E-state index contributed by atoms with van der Waals surface area (Å²) >= 11 is 0. The van der Waals surface area contributed by atoms with Crippen LogP contribution in [0, 0.1) is 0 Å². The Labute approximate surface area is 138 Å². The van der Waals surface area contributed by atoms with E-state index in [1.54, 1.807) is 0 Å². The molecule has 0 spiro atoms. The van der Waals surface area contributed by atoms with Crippen molar-refractivity contribution < 1.29 is 4.74 Å². The number of pyridine rings is 1. The van der Waals surface area contributed by atoms with Gasteiger partial charge in [0.1, 0.15) is 11.4 Å². The first kappa shape index (κ1) is 15.8. The SMILES string of the molecule is CC(C)(C)Oc1ccc2cc3ccc(C(C)(C)C)cc3nc2c1. The predicted octanol–water partition coefficient (Wildman–Crippen LogP) is 5.86. The van der Waals surface area contributed by atoms with Gasteiger partial charge in [0.2, 0.25) is 0 Å². The summed E-state index contributed by atoms with van der Waals surface area (Å²) in [5, 5.41) is 2.32. The summed E-state index contributed by atoms with van der Waals surface area (Å²) in [6.45, 7) is 12.8. The molecule has 0 saturated carbocycles. The Hall–Kier alpha value is -2.09. The van der Waals surface area contributed by atoms with Gasteiger partial charge in [-0.05, 0) is 56.0 Å². The fourth-order valence-corrected chi connectivity index (χ4v) is 2.69. The Bertz CT molecular complexity index is 867. The van der Waals surface area contributed by atoms with Crippen LogP contribution in [0.3, 0.4) is 0 Å². The van der Waals surface area contributed by atoms with E-state index in [4.69, 9.17) is 9.72 Å². The first-order chi connectivity index (χ1) is 10.6. The molecule has 0 unspecified atom stereocenters. The molecule has 0 fully saturated rings. The van der Waals surface area contributed by atoms with E-state index in [2.05, 4.69) is 71.9 Å². The van der Waals surface area contributed by atoms with Crippen LogP contribution in [0.4, 0.5) is 0 Å². The van der Waals surface area contributed by atoms with Gasteiger partial charge in [-0.3, -0.25) is 0 Å². The van der Waals surface area contributed by atoms with Crippen molar-refractivity contribution in [1.82, 2.24) is 4.98 Å². The number of rotatable bonds is 1. The first-order valence-corrected chi connectivity index (χ1v) is 8.16. The van der Waals surface area contributed by atoms with Gasteiger partial charge in [0, 0.05) is 16.8 Å². The van der Waals surface area contributed by atoms with E-state index in [1.165, 1.54) is 10.9 Å². The summed E-state index contributed by atoms with van der Waals surface area (Å²) in [6, 6.07) is 14.9. The van der Waals surface area contributed by atoms with Gasteiger partial charge < -0.3 is 4.74 Å². The van der Waals surface area contributed by atoms with Crippen molar-refractivity contribution in [2.45, 2.75) is 52.6 Å². The van der Waals surface area contributed by atoms with E-state index >= 15 is 0 Å². The highest BCUT2D eigenvalue weighted by molar-refractivity contribution is 5.93. The molecular formula is C21H25NO. The van der Waals surface area contributed by atoms with Gasteiger partial charge in [-0.1, -0.05) is 32.9 Å². The van der Waals surface area contributed by atoms with Crippen molar-refractivity contribution in [3.8, 4) is 5.75 Å². The zero-order valence-corrected chi connectivity index (χ0v) is 14.9. The van der Waals surface area contributed by atoms with E-state index in [-0.39, 0.29) is 11.0 Å². The molecule has 0 radical (unpaired) electrons. The maximum atomic E-state index is 5.96. The van der Waals surface area contributed by atoms with Crippen molar-refractivity contribution in [2.24, 2.45) is 0 Å². The summed E-state index contributed by atoms with van der Waals surface area (Å²) in [4.78, 5) is 4.86. The van der Waals surface area contributed by atoms with Gasteiger partial charge in [0.25, 0.3) is 0 Å². The van der Waals surface area contributed by atoms with Gasteiger partial charge in [-0.2, -0.15) is 0 Å². The Morgan fingerprint density at radius 2 is 1.35 bits per heavy atom. The molecule has 3 aromatic rings. The Morgan fingerprint density at radius 1 is 0.739 bits per heavy atom. The number of hydrogen-bond donors (Lipinski definition) is 0. The molecule has 0 aliphatic carbocycles. The van der Waals surface area contributed by atoms with E-state index in [0.717, 1.165) is 22.2 Å². The van der Waals surface area contributed by atoms with Crippen LogP contribution in [0.2, 0.25) is 0 Å². The van der Waals surface area contributed by atoms with Crippen LogP contribution in [0.5, 0.6) is 5.75 Å². The van der Waals surface area contributed by atoms with Crippen molar-refractivity contribution in [2.75, 3.05) is 0 Å². The van der Waals surface area contributed by atoms with Gasteiger partial charge in [-0.25, -0.2) is 4.98 Å². The highest BCUT2D eigenvalue weighted by Crippen LogP contribution is 2.29. The molecule has 120 valence electrons. The molecule has 0 amide bonds. The molecule has 0 aliphatic rings. The third-order valence-electron chi connectivity index (χ3n) is 3.87. The molecule has 1 aromatic heterocycles. The quantitative estimate of drug-likeness (QED) is 0.525. The average molecular weight is 307 g/mol. The second-order valence-corrected chi connectivity index (χ2v) is 8.21. The lowest BCUT2D eigenvalue weighted by molar-refractivity contribution is 0.131. The topological polar surface area (TPSA) is 22.1 Å². The van der Waals surface area contributed by atoms with Crippen LogP contribution in [0.1, 0.15) is 47.1 Å². The molecule has 3 rings (SSSR count). The number of hydrogen-bond acceptors (Lipinski definition) is 2. The zero-order valence-electron chi connectivity index (χ0n) is 14.9. The number of ether oxygens (including phenoxy) is 1. The minimum Gasteiger partial charge on any atom is -0.488 e. The third-order valence-corrected chi connectivity index (χ3v) is 3.87. The highest BCUT2D eigenvalue weighted by atomic mass is 16.5. The van der Waals surface area contributed by atoms with E-state index < -0.39 is 0 Å². The number of nitrogens with zero attached hydrogens (tertiary/aromatic N) is 1. The molecule has 0 atom stereocenters. The number of fused-ring (bicyclic) bond motifs is 2. The van der Waals surface area contributed by atoms with Gasteiger partial charge in [0.15, 0.2) is 0 Å². The normalized spacial score (nSPS) is 12.8. The van der Waals surface area contributed by atoms with Crippen LogP contribution >= 0.6 is 0 Å². The minimum absolute atomic E-state index is 0.127. The molecule has 0 bridgehead atoms. The first-order valence-electron chi connectivity index (χ1n) is 8.16. The van der Waals surface area contributed by atoms with Crippen molar-refractivity contribution in [1.29, 1.82) is 0 Å². The predicted molar refractivity (Wildman–Crippen MR) is 98.3 cm³/mol. The maximum absolute atomic E-state index is 5.96. The standard InChI is InChI=1S/C21H25NO/c1-20(2,3)16-9-7-14-11-15-8-10-17(23-21(4,5)6)13-19(15)22-18(14)12-16/h7-13H,1-6H3. The molecule has 0 aliphatic heterocycles. The largest absolute Gasteiger partial charge is 0.488 e. The second-order valence-electron chi connectivity index (χ2n) is 8.21. The Balaban J connectivity index is 2.13. The van der Waals surface area contributed by atoms with E-state index in [9.17, 15) is 0 Å². The lowest BCUT2D eigenvalue weighted by Crippen LogP contribution is -2.22. The molecule has 2 nitrogen and oxygen atoms in total. The molecule has 2 aromatic carbocycles. The summed E-state index contributed by atoms with van der Waals surface area (Å²) in [7, 11) is 0. The lowest BCUT2D eigenvalue weighted by atomic mass is 9.86. The van der Waals surface area contributed by atoms with Gasteiger partial charge >= 0.3 is 0 Å². The fourth-order valence-electron chi connectivity index (χ4n) is 2.69. The van der Waals surface area contributed by atoms with Crippen molar-refractivity contribution in [3.05, 3.63) is 48.0 Å². The summed E-state index contributed by atoms with van der Waals surface area (Å²) < 4.78 is 5.96. The fraction of sp³-hybridized carbons (Fsp3) is 0.381. The zero-order chi connectivity index (χ0) is 16.8. The maximum Gasteiger partial charge on any atom is 0.122 e. The second kappa shape index (κ2) is 5.23.